The second kappa shape index (κ2) is 3.56. The molecule has 0 amide bonds. The fraction of sp³-hybridized carbons (Fsp3) is 1.00. The van der Waals surface area contributed by atoms with Gasteiger partial charge in [-0.05, 0) is 39.4 Å². The van der Waals surface area contributed by atoms with E-state index in [0.717, 1.165) is 6.61 Å². The monoisotopic (exact) mass is 184 g/mol. The van der Waals surface area contributed by atoms with E-state index in [-0.39, 0.29) is 0 Å². The van der Waals surface area contributed by atoms with Gasteiger partial charge < -0.3 is 15.4 Å². The van der Waals surface area contributed by atoms with Gasteiger partial charge in [0.15, 0.2) is 0 Å². The van der Waals surface area contributed by atoms with E-state index in [4.69, 9.17) is 10.5 Å². The zero-order valence-electron chi connectivity index (χ0n) is 8.46. The molecule has 1 unspecified atom stereocenters. The van der Waals surface area contributed by atoms with E-state index in [1.54, 1.807) is 0 Å². The van der Waals surface area contributed by atoms with Crippen molar-refractivity contribution in [3.63, 3.8) is 0 Å². The molecule has 2 heterocycles. The third-order valence-electron chi connectivity index (χ3n) is 3.80. The Bertz CT molecular complexity index is 176. The largest absolute Gasteiger partial charge is 0.376 e. The molecule has 1 atom stereocenters. The van der Waals surface area contributed by atoms with Gasteiger partial charge >= 0.3 is 0 Å². The Kier molecular flexibility index (Phi) is 2.58. The van der Waals surface area contributed by atoms with Crippen LogP contribution in [0, 0.1) is 5.41 Å². The summed E-state index contributed by atoms with van der Waals surface area (Å²) in [6.07, 6.45) is 4.10. The van der Waals surface area contributed by atoms with Gasteiger partial charge in [0, 0.05) is 18.6 Å². The predicted molar refractivity (Wildman–Crippen MR) is 52.6 cm³/mol. The van der Waals surface area contributed by atoms with Crippen LogP contribution in [0.3, 0.4) is 0 Å². The van der Waals surface area contributed by atoms with E-state index in [2.05, 4.69) is 11.9 Å². The lowest BCUT2D eigenvalue weighted by molar-refractivity contribution is 0.0196. The summed E-state index contributed by atoms with van der Waals surface area (Å²) in [5.41, 5.74) is 6.17. The Morgan fingerprint density at radius 2 is 2.08 bits per heavy atom. The second-order valence-electron chi connectivity index (χ2n) is 4.51. The fourth-order valence-corrected chi connectivity index (χ4v) is 2.70. The molecule has 2 aliphatic heterocycles. The molecule has 2 aliphatic rings. The number of likely N-dealkylation sites (tertiary alicyclic amines) is 1. The minimum absolute atomic E-state index is 0.334. The topological polar surface area (TPSA) is 38.5 Å². The summed E-state index contributed by atoms with van der Waals surface area (Å²) in [6.45, 7) is 4.04. The molecule has 0 bridgehead atoms. The summed E-state index contributed by atoms with van der Waals surface area (Å²) < 4.78 is 5.69. The highest BCUT2D eigenvalue weighted by Gasteiger charge is 2.44. The SMILES string of the molecule is CN1CCC2(CCOC2CN)CC1. The number of hydrogen-bond donors (Lipinski definition) is 1. The summed E-state index contributed by atoms with van der Waals surface area (Å²) in [7, 11) is 2.19. The lowest BCUT2D eigenvalue weighted by Gasteiger charge is -2.40. The molecule has 3 nitrogen and oxygen atoms in total. The Morgan fingerprint density at radius 3 is 2.69 bits per heavy atom. The van der Waals surface area contributed by atoms with Crippen LogP contribution in [0.2, 0.25) is 0 Å². The first-order valence-electron chi connectivity index (χ1n) is 5.27. The second-order valence-corrected chi connectivity index (χ2v) is 4.51. The van der Waals surface area contributed by atoms with Crippen molar-refractivity contribution < 1.29 is 4.74 Å². The van der Waals surface area contributed by atoms with Crippen LogP contribution in [-0.2, 0) is 4.74 Å². The maximum absolute atomic E-state index is 5.74. The van der Waals surface area contributed by atoms with Crippen LogP contribution >= 0.6 is 0 Å². The number of rotatable bonds is 1. The van der Waals surface area contributed by atoms with Gasteiger partial charge in [-0.1, -0.05) is 0 Å². The summed E-state index contributed by atoms with van der Waals surface area (Å²) in [5, 5.41) is 0. The molecule has 2 saturated heterocycles. The van der Waals surface area contributed by atoms with Crippen LogP contribution in [0.1, 0.15) is 19.3 Å². The van der Waals surface area contributed by atoms with E-state index < -0.39 is 0 Å². The van der Waals surface area contributed by atoms with Crippen LogP contribution in [0.25, 0.3) is 0 Å². The van der Waals surface area contributed by atoms with Crippen molar-refractivity contribution in [1.29, 1.82) is 0 Å². The number of hydrogen-bond acceptors (Lipinski definition) is 3. The summed E-state index contributed by atoms with van der Waals surface area (Å²) in [6, 6.07) is 0. The minimum Gasteiger partial charge on any atom is -0.376 e. The number of nitrogens with two attached hydrogens (primary N) is 1. The van der Waals surface area contributed by atoms with Crippen molar-refractivity contribution in [2.24, 2.45) is 11.1 Å². The number of piperidine rings is 1. The first-order chi connectivity index (χ1) is 6.27. The van der Waals surface area contributed by atoms with Gasteiger partial charge in [0.1, 0.15) is 0 Å². The maximum atomic E-state index is 5.74. The van der Waals surface area contributed by atoms with Gasteiger partial charge in [-0.2, -0.15) is 0 Å². The predicted octanol–water partition coefficient (Wildman–Crippen LogP) is 0.446. The van der Waals surface area contributed by atoms with Gasteiger partial charge in [-0.3, -0.25) is 0 Å². The number of ether oxygens (including phenoxy) is 1. The first kappa shape index (κ1) is 9.44. The van der Waals surface area contributed by atoms with Gasteiger partial charge in [-0.25, -0.2) is 0 Å². The van der Waals surface area contributed by atoms with Gasteiger partial charge in [0.2, 0.25) is 0 Å². The molecule has 13 heavy (non-hydrogen) atoms. The molecule has 0 aliphatic carbocycles. The molecule has 2 rings (SSSR count). The molecule has 2 N–H and O–H groups in total. The molecule has 0 aromatic rings. The summed E-state index contributed by atoms with van der Waals surface area (Å²) in [4.78, 5) is 2.40. The van der Waals surface area contributed by atoms with Crippen molar-refractivity contribution in [3.05, 3.63) is 0 Å². The molecule has 0 saturated carbocycles. The quantitative estimate of drug-likeness (QED) is 0.643. The van der Waals surface area contributed by atoms with Crippen LogP contribution in [0.5, 0.6) is 0 Å². The lowest BCUT2D eigenvalue weighted by Crippen LogP contribution is -2.45. The highest BCUT2D eigenvalue weighted by Crippen LogP contribution is 2.43. The average molecular weight is 184 g/mol. The highest BCUT2D eigenvalue weighted by atomic mass is 16.5. The molecule has 0 radical (unpaired) electrons. The van der Waals surface area contributed by atoms with Crippen LogP contribution in [-0.4, -0.2) is 44.3 Å². The van der Waals surface area contributed by atoms with E-state index in [0.29, 0.717) is 18.1 Å². The Morgan fingerprint density at radius 1 is 1.38 bits per heavy atom. The van der Waals surface area contributed by atoms with E-state index >= 15 is 0 Å². The molecular weight excluding hydrogens is 164 g/mol. The summed E-state index contributed by atoms with van der Waals surface area (Å²) in [5.74, 6) is 0. The number of nitrogens with zero attached hydrogens (tertiary/aromatic N) is 1. The fourth-order valence-electron chi connectivity index (χ4n) is 2.70. The molecule has 0 aromatic carbocycles. The third-order valence-corrected chi connectivity index (χ3v) is 3.80. The molecular formula is C10H20N2O. The molecule has 3 heteroatoms. The van der Waals surface area contributed by atoms with Crippen molar-refractivity contribution >= 4 is 0 Å². The minimum atomic E-state index is 0.334. The standard InChI is InChI=1S/C10H20N2O/c1-12-5-2-10(3-6-12)4-7-13-9(10)8-11/h9H,2-8,11H2,1H3. The lowest BCUT2D eigenvalue weighted by atomic mass is 9.73. The van der Waals surface area contributed by atoms with Gasteiger partial charge in [0.25, 0.3) is 0 Å². The van der Waals surface area contributed by atoms with E-state index in [1.807, 2.05) is 0 Å². The normalized spacial score (nSPS) is 34.2. The van der Waals surface area contributed by atoms with E-state index in [1.165, 1.54) is 32.4 Å². The average Bonchev–Trinajstić information content (AvgIpc) is 2.54. The van der Waals surface area contributed by atoms with Crippen molar-refractivity contribution in [2.75, 3.05) is 33.3 Å². The van der Waals surface area contributed by atoms with Crippen LogP contribution < -0.4 is 5.73 Å². The van der Waals surface area contributed by atoms with Gasteiger partial charge in [0.05, 0.1) is 6.10 Å². The first-order valence-corrected chi connectivity index (χ1v) is 5.27. The smallest absolute Gasteiger partial charge is 0.0755 e. The van der Waals surface area contributed by atoms with E-state index in [9.17, 15) is 0 Å². The zero-order valence-corrected chi connectivity index (χ0v) is 8.46. The van der Waals surface area contributed by atoms with Crippen molar-refractivity contribution in [3.8, 4) is 0 Å². The highest BCUT2D eigenvalue weighted by molar-refractivity contribution is 4.95. The zero-order chi connectivity index (χ0) is 9.31. The molecule has 0 aromatic heterocycles. The van der Waals surface area contributed by atoms with Gasteiger partial charge in [-0.15, -0.1) is 0 Å². The molecule has 2 fully saturated rings. The van der Waals surface area contributed by atoms with Crippen molar-refractivity contribution in [2.45, 2.75) is 25.4 Å². The maximum Gasteiger partial charge on any atom is 0.0755 e. The Balaban J connectivity index is 2.02. The van der Waals surface area contributed by atoms with Crippen LogP contribution in [0.4, 0.5) is 0 Å². The Hall–Kier alpha value is -0.120. The Labute approximate surface area is 80.2 Å². The third kappa shape index (κ3) is 1.60. The molecule has 1 spiro atoms. The summed E-state index contributed by atoms with van der Waals surface area (Å²) >= 11 is 0. The van der Waals surface area contributed by atoms with Crippen molar-refractivity contribution in [1.82, 2.24) is 4.90 Å². The van der Waals surface area contributed by atoms with Crippen LogP contribution in [0.15, 0.2) is 0 Å². The molecule has 76 valence electrons.